The molecule has 2 amide bonds. The van der Waals surface area contributed by atoms with Crippen molar-refractivity contribution >= 4 is 50.3 Å². The van der Waals surface area contributed by atoms with Crippen molar-refractivity contribution in [3.63, 3.8) is 0 Å². The fourth-order valence-electron chi connectivity index (χ4n) is 8.08. The topological polar surface area (TPSA) is 142 Å². The van der Waals surface area contributed by atoms with Crippen molar-refractivity contribution in [1.82, 2.24) is 18.8 Å². The molecule has 2 bridgehead atoms. The molecule has 51 heavy (non-hydrogen) atoms. The number of hydrogen-bond acceptors (Lipinski definition) is 10. The summed E-state index contributed by atoms with van der Waals surface area (Å²) in [5, 5.41) is 1.01. The quantitative estimate of drug-likeness (QED) is 0.324. The summed E-state index contributed by atoms with van der Waals surface area (Å²) in [5.41, 5.74) is 0.653. The van der Waals surface area contributed by atoms with Crippen molar-refractivity contribution in [2.24, 2.45) is 0 Å². The van der Waals surface area contributed by atoms with Crippen LogP contribution in [0.3, 0.4) is 0 Å². The second kappa shape index (κ2) is 14.0. The van der Waals surface area contributed by atoms with Crippen LogP contribution in [0.5, 0.6) is 5.75 Å². The molecular weight excluding hydrogens is 705 g/mol. The van der Waals surface area contributed by atoms with Gasteiger partial charge in [-0.25, -0.2) is 13.9 Å². The number of nitrogens with one attached hydrogen (secondary N) is 1. The van der Waals surface area contributed by atoms with Gasteiger partial charge in [0.15, 0.2) is 17.1 Å². The van der Waals surface area contributed by atoms with Crippen molar-refractivity contribution < 1.29 is 36.3 Å². The number of amides is 2. The third-order valence-corrected chi connectivity index (χ3v) is 12.7. The lowest BCUT2D eigenvalue weighted by molar-refractivity contribution is 0.0726. The van der Waals surface area contributed by atoms with E-state index in [1.165, 1.54) is 15.3 Å². The summed E-state index contributed by atoms with van der Waals surface area (Å²) in [5.74, 6) is -3.40. The molecule has 0 unspecified atom stereocenters. The predicted molar refractivity (Wildman–Crippen MR) is 188 cm³/mol. The van der Waals surface area contributed by atoms with Gasteiger partial charge in [-0.3, -0.25) is 14.5 Å². The van der Waals surface area contributed by atoms with Crippen LogP contribution in [0.25, 0.3) is 11.0 Å². The van der Waals surface area contributed by atoms with E-state index in [-0.39, 0.29) is 60.1 Å². The summed E-state index contributed by atoms with van der Waals surface area (Å²) in [4.78, 5) is 46.1. The molecule has 3 aromatic rings. The van der Waals surface area contributed by atoms with Crippen molar-refractivity contribution in [2.45, 2.75) is 63.7 Å². The van der Waals surface area contributed by atoms with Gasteiger partial charge in [0.1, 0.15) is 5.02 Å². The van der Waals surface area contributed by atoms with Crippen molar-refractivity contribution in [3.8, 4) is 5.75 Å². The second-order valence-corrected chi connectivity index (χ2v) is 15.6. The van der Waals surface area contributed by atoms with Crippen LogP contribution in [0.4, 0.5) is 10.1 Å². The minimum Gasteiger partial charge on any atom is -0.490 e. The Morgan fingerprint density at radius 2 is 1.75 bits per heavy atom. The van der Waals surface area contributed by atoms with E-state index in [1.807, 2.05) is 12.1 Å². The third-order valence-electron chi connectivity index (χ3n) is 10.7. The minimum atomic E-state index is -4.17. The number of benzene rings is 2. The summed E-state index contributed by atoms with van der Waals surface area (Å²) in [6, 6.07) is 5.96. The Hall–Kier alpha value is -3.76. The van der Waals surface area contributed by atoms with Crippen LogP contribution in [-0.4, -0.2) is 106 Å². The van der Waals surface area contributed by atoms with Crippen LogP contribution < -0.4 is 20.0 Å². The Bertz CT molecular complexity index is 2040. The molecule has 274 valence electrons. The first-order valence-electron chi connectivity index (χ1n) is 17.2. The number of carbonyl (C=O) groups is 2. The van der Waals surface area contributed by atoms with E-state index in [0.717, 1.165) is 50.5 Å². The Kier molecular flexibility index (Phi) is 9.78. The number of rotatable bonds is 9. The maximum atomic E-state index is 16.0. The number of hydrogen-bond donors (Lipinski definition) is 1. The Morgan fingerprint density at radius 1 is 1.04 bits per heavy atom. The minimum absolute atomic E-state index is 0.0457. The van der Waals surface area contributed by atoms with Crippen molar-refractivity contribution in [1.29, 1.82) is 0 Å². The molecule has 13 nitrogen and oxygen atoms in total. The molecule has 0 radical (unpaired) electrons. The number of methoxy groups -OCH3 is 1. The summed E-state index contributed by atoms with van der Waals surface area (Å²) in [6.45, 7) is 4.37. The largest absolute Gasteiger partial charge is 0.490 e. The molecule has 5 heterocycles. The number of halogens is 2. The van der Waals surface area contributed by atoms with Gasteiger partial charge in [-0.1, -0.05) is 11.6 Å². The number of ether oxygens (including phenoxy) is 2. The summed E-state index contributed by atoms with van der Waals surface area (Å²) < 4.78 is 62.3. The lowest BCUT2D eigenvalue weighted by Crippen LogP contribution is -2.53. The zero-order valence-electron chi connectivity index (χ0n) is 28.7. The van der Waals surface area contributed by atoms with E-state index >= 15 is 4.39 Å². The molecule has 7 rings (SSSR count). The van der Waals surface area contributed by atoms with E-state index < -0.39 is 39.2 Å². The summed E-state index contributed by atoms with van der Waals surface area (Å²) in [7, 11) is -0.451. The fourth-order valence-corrected chi connectivity index (χ4v) is 10.1. The number of piperazine rings is 1. The smallest absolute Gasteiger partial charge is 0.341 e. The number of anilines is 1. The number of likely N-dealkylation sites (N-methyl/N-ethyl adjacent to an activating group) is 1. The highest BCUT2D eigenvalue weighted by molar-refractivity contribution is 7.87. The SMILES string of the molecule is CCOc1c(C(=O)NS(=O)(=O)N2C3CCC2CC3)ccc(C(=O)N2CCc3c(c(=O)oc4c(Cl)c(N5CCN(C)[C@@H](COC)C5)ccc34)C2)c1F. The maximum Gasteiger partial charge on any atom is 0.341 e. The average molecular weight is 746 g/mol. The normalized spacial score (nSPS) is 22.4. The molecule has 1 atom stereocenters. The molecule has 4 aliphatic rings. The first-order valence-corrected chi connectivity index (χ1v) is 19.1. The highest BCUT2D eigenvalue weighted by Crippen LogP contribution is 2.40. The predicted octanol–water partition coefficient (Wildman–Crippen LogP) is 3.55. The van der Waals surface area contributed by atoms with Crippen molar-refractivity contribution in [3.05, 3.63) is 67.8 Å². The van der Waals surface area contributed by atoms with E-state index in [1.54, 1.807) is 14.0 Å². The van der Waals surface area contributed by atoms with Gasteiger partial charge in [0.05, 0.1) is 48.2 Å². The molecule has 4 aliphatic heterocycles. The second-order valence-electron chi connectivity index (χ2n) is 13.6. The van der Waals surface area contributed by atoms with Crippen LogP contribution in [-0.2, 0) is 27.9 Å². The first-order chi connectivity index (χ1) is 24.4. The van der Waals surface area contributed by atoms with Gasteiger partial charge in [-0.05, 0) is 75.9 Å². The lowest BCUT2D eigenvalue weighted by Gasteiger charge is -2.40. The standard InChI is InChI=1S/C35H41ClFN5O8S/c1-4-49-32-26(33(43)38-51(46,47)42-20-5-6-21(42)8-7-20)10-9-25(30(32)37)34(44)41-14-13-23-24-11-12-28(29(36)31(24)50-35(45)27(23)18-41)40-16-15-39(2)22(17-40)19-48-3/h9-12,20-22H,4-8,13-19H2,1-3H3,(H,38,43)/t20?,21?,22-/m1/s1. The third kappa shape index (κ3) is 6.37. The molecule has 1 N–H and O–H groups in total. The average Bonchev–Trinajstić information content (AvgIpc) is 3.73. The maximum absolute atomic E-state index is 16.0. The number of fused-ring (bicyclic) bond motifs is 5. The molecule has 3 fully saturated rings. The van der Waals surface area contributed by atoms with E-state index in [9.17, 15) is 22.8 Å². The Labute approximate surface area is 300 Å². The van der Waals surface area contributed by atoms with E-state index in [4.69, 9.17) is 25.5 Å². The molecular formula is C35H41ClFN5O8S. The van der Waals surface area contributed by atoms with E-state index in [0.29, 0.717) is 35.5 Å². The Balaban J connectivity index is 1.12. The van der Waals surface area contributed by atoms with Crippen LogP contribution in [0.15, 0.2) is 33.5 Å². The van der Waals surface area contributed by atoms with Gasteiger partial charge in [-0.15, -0.1) is 0 Å². The van der Waals surface area contributed by atoms with Crippen LogP contribution >= 0.6 is 11.6 Å². The molecule has 0 saturated carbocycles. The van der Waals surface area contributed by atoms with Gasteiger partial charge in [0.2, 0.25) is 0 Å². The van der Waals surface area contributed by atoms with Crippen LogP contribution in [0.1, 0.15) is 64.4 Å². The van der Waals surface area contributed by atoms with Gasteiger partial charge in [0.25, 0.3) is 11.8 Å². The molecule has 0 spiro atoms. The van der Waals surface area contributed by atoms with Gasteiger partial charge >= 0.3 is 15.8 Å². The molecule has 16 heteroatoms. The summed E-state index contributed by atoms with van der Waals surface area (Å²) in [6.07, 6.45) is 3.22. The van der Waals surface area contributed by atoms with E-state index in [2.05, 4.69) is 21.6 Å². The Morgan fingerprint density at radius 3 is 2.43 bits per heavy atom. The van der Waals surface area contributed by atoms with Gasteiger partial charge < -0.3 is 23.7 Å². The molecule has 1 aromatic heterocycles. The summed E-state index contributed by atoms with van der Waals surface area (Å²) >= 11 is 6.89. The molecule has 3 saturated heterocycles. The van der Waals surface area contributed by atoms with Crippen molar-refractivity contribution in [2.75, 3.05) is 58.5 Å². The molecule has 0 aliphatic carbocycles. The zero-order valence-corrected chi connectivity index (χ0v) is 30.3. The molecule has 2 aromatic carbocycles. The number of carbonyl (C=O) groups excluding carboxylic acids is 2. The fraction of sp³-hybridized carbons (Fsp3) is 0.514. The van der Waals surface area contributed by atoms with Gasteiger partial charge in [-0.2, -0.15) is 12.7 Å². The zero-order chi connectivity index (χ0) is 36.2. The van der Waals surface area contributed by atoms with Crippen LogP contribution in [0, 0.1) is 5.82 Å². The van der Waals surface area contributed by atoms with Gasteiger partial charge in [0, 0.05) is 50.8 Å². The lowest BCUT2D eigenvalue weighted by atomic mass is 9.96. The highest BCUT2D eigenvalue weighted by Gasteiger charge is 2.47. The highest BCUT2D eigenvalue weighted by atomic mass is 35.5. The van der Waals surface area contributed by atoms with Crippen LogP contribution in [0.2, 0.25) is 5.02 Å². The first kappa shape index (κ1) is 35.6. The number of nitrogens with zero attached hydrogens (tertiary/aromatic N) is 4. The monoisotopic (exact) mass is 745 g/mol.